The van der Waals surface area contributed by atoms with Gasteiger partial charge in [-0.05, 0) is 48.5 Å². The number of ether oxygens (including phenoxy) is 1. The van der Waals surface area contributed by atoms with E-state index in [9.17, 15) is 13.2 Å². The summed E-state index contributed by atoms with van der Waals surface area (Å²) in [7, 11) is -2.12. The van der Waals surface area contributed by atoms with Crippen LogP contribution in [0.5, 0.6) is 5.75 Å². The first-order chi connectivity index (χ1) is 14.9. The topological polar surface area (TPSA) is 111 Å². The van der Waals surface area contributed by atoms with E-state index in [1.807, 2.05) is 6.07 Å². The Morgan fingerprint density at radius 1 is 1.06 bits per heavy atom. The summed E-state index contributed by atoms with van der Waals surface area (Å²) in [6, 6.07) is 14.7. The number of hydrogen-bond donors (Lipinski definition) is 2. The molecule has 0 spiro atoms. The minimum absolute atomic E-state index is 0.0539. The van der Waals surface area contributed by atoms with Gasteiger partial charge in [-0.25, -0.2) is 13.1 Å². The van der Waals surface area contributed by atoms with Crippen LogP contribution in [0.3, 0.4) is 0 Å². The Morgan fingerprint density at radius 3 is 2.58 bits per heavy atom. The minimum Gasteiger partial charge on any atom is -0.497 e. The van der Waals surface area contributed by atoms with Crippen molar-refractivity contribution in [1.82, 2.24) is 4.72 Å². The molecule has 2 N–H and O–H groups in total. The van der Waals surface area contributed by atoms with E-state index in [0.29, 0.717) is 22.8 Å². The van der Waals surface area contributed by atoms with Gasteiger partial charge in [-0.2, -0.15) is 0 Å². The molecule has 0 bridgehead atoms. The monoisotopic (exact) mass is 440 g/mol. The standard InChI is InChI=1S/C22H20N2O6S/c1-28-17-6-9-20-15(14-30-21(20)12-17)11-22(25)24-16-4-7-19(8-5-16)31(26,27)23-13-18-3-2-10-29-18/h2-10,12,14,23H,11,13H2,1H3,(H,24,25). The number of rotatable bonds is 8. The SMILES string of the molecule is COc1ccc2c(CC(=O)Nc3ccc(S(=O)(=O)NCc4ccco4)cc3)coc2c1. The van der Waals surface area contributed by atoms with Crippen LogP contribution < -0.4 is 14.8 Å². The van der Waals surface area contributed by atoms with Gasteiger partial charge in [0.2, 0.25) is 15.9 Å². The molecule has 31 heavy (non-hydrogen) atoms. The largest absolute Gasteiger partial charge is 0.497 e. The van der Waals surface area contributed by atoms with Crippen LogP contribution in [-0.4, -0.2) is 21.4 Å². The number of furan rings is 2. The number of nitrogens with one attached hydrogen (secondary N) is 2. The lowest BCUT2D eigenvalue weighted by Gasteiger charge is -2.08. The lowest BCUT2D eigenvalue weighted by atomic mass is 10.1. The summed E-state index contributed by atoms with van der Waals surface area (Å²) < 4.78 is 43.0. The van der Waals surface area contributed by atoms with Crippen molar-refractivity contribution in [2.45, 2.75) is 17.9 Å². The van der Waals surface area contributed by atoms with Crippen LogP contribution in [0.1, 0.15) is 11.3 Å². The third-order valence-electron chi connectivity index (χ3n) is 4.68. The zero-order valence-electron chi connectivity index (χ0n) is 16.6. The predicted molar refractivity (Wildman–Crippen MR) is 114 cm³/mol. The van der Waals surface area contributed by atoms with Crippen molar-refractivity contribution in [3.63, 3.8) is 0 Å². The average molecular weight is 440 g/mol. The third-order valence-corrected chi connectivity index (χ3v) is 6.10. The molecule has 0 aliphatic carbocycles. The first-order valence-corrected chi connectivity index (χ1v) is 10.9. The van der Waals surface area contributed by atoms with Gasteiger partial charge in [0, 0.05) is 22.7 Å². The van der Waals surface area contributed by atoms with Gasteiger partial charge >= 0.3 is 0 Å². The molecular formula is C22H20N2O6S. The molecule has 2 heterocycles. The molecule has 8 nitrogen and oxygen atoms in total. The molecule has 0 saturated heterocycles. The van der Waals surface area contributed by atoms with Crippen molar-refractivity contribution < 1.29 is 26.8 Å². The van der Waals surface area contributed by atoms with Crippen molar-refractivity contribution in [3.8, 4) is 5.75 Å². The van der Waals surface area contributed by atoms with Crippen molar-refractivity contribution in [2.75, 3.05) is 12.4 Å². The van der Waals surface area contributed by atoms with Gasteiger partial charge in [0.25, 0.3) is 0 Å². The zero-order chi connectivity index (χ0) is 21.8. The lowest BCUT2D eigenvalue weighted by Crippen LogP contribution is -2.23. The van der Waals surface area contributed by atoms with Crippen LogP contribution in [0.4, 0.5) is 5.69 Å². The molecule has 2 aromatic carbocycles. The van der Waals surface area contributed by atoms with Crippen LogP contribution in [0.25, 0.3) is 11.0 Å². The minimum atomic E-state index is -3.70. The van der Waals surface area contributed by atoms with Crippen LogP contribution in [-0.2, 0) is 27.8 Å². The number of anilines is 1. The molecule has 0 radical (unpaired) electrons. The summed E-state index contributed by atoms with van der Waals surface area (Å²) in [6.07, 6.45) is 3.14. The van der Waals surface area contributed by atoms with Gasteiger partial charge < -0.3 is 18.9 Å². The first-order valence-electron chi connectivity index (χ1n) is 9.41. The number of amides is 1. The van der Waals surface area contributed by atoms with Gasteiger partial charge in [-0.3, -0.25) is 4.79 Å². The summed E-state index contributed by atoms with van der Waals surface area (Å²) in [4.78, 5) is 12.5. The highest BCUT2D eigenvalue weighted by molar-refractivity contribution is 7.89. The van der Waals surface area contributed by atoms with Crippen molar-refractivity contribution in [1.29, 1.82) is 0 Å². The molecule has 4 rings (SSSR count). The highest BCUT2D eigenvalue weighted by Crippen LogP contribution is 2.26. The molecule has 0 aliphatic heterocycles. The zero-order valence-corrected chi connectivity index (χ0v) is 17.4. The number of benzene rings is 2. The van der Waals surface area contributed by atoms with Gasteiger partial charge in [-0.1, -0.05) is 0 Å². The summed E-state index contributed by atoms with van der Waals surface area (Å²) in [5, 5.41) is 3.60. The second-order valence-electron chi connectivity index (χ2n) is 6.78. The second kappa shape index (κ2) is 8.66. The molecule has 160 valence electrons. The maximum atomic E-state index is 12.4. The van der Waals surface area contributed by atoms with Crippen molar-refractivity contribution in [2.24, 2.45) is 0 Å². The number of methoxy groups -OCH3 is 1. The first kappa shape index (κ1) is 20.7. The van der Waals surface area contributed by atoms with Crippen molar-refractivity contribution >= 4 is 32.6 Å². The maximum Gasteiger partial charge on any atom is 0.240 e. The normalized spacial score (nSPS) is 11.5. The van der Waals surface area contributed by atoms with Crippen LogP contribution in [0.2, 0.25) is 0 Å². The van der Waals surface area contributed by atoms with E-state index < -0.39 is 10.0 Å². The average Bonchev–Trinajstić information content (AvgIpc) is 3.42. The Kier molecular flexibility index (Phi) is 5.79. The Balaban J connectivity index is 1.39. The predicted octanol–water partition coefficient (Wildman–Crippen LogP) is 3.69. The Bertz CT molecular complexity index is 1290. The molecule has 0 atom stereocenters. The van der Waals surface area contributed by atoms with E-state index in [-0.39, 0.29) is 23.8 Å². The highest BCUT2D eigenvalue weighted by atomic mass is 32.2. The number of sulfonamides is 1. The summed E-state index contributed by atoms with van der Waals surface area (Å²) in [5.74, 6) is 0.939. The molecule has 0 fully saturated rings. The van der Waals surface area contributed by atoms with Crippen LogP contribution in [0.15, 0.2) is 80.9 Å². The van der Waals surface area contributed by atoms with Gasteiger partial charge in [0.15, 0.2) is 0 Å². The van der Waals surface area contributed by atoms with Gasteiger partial charge in [0.1, 0.15) is 17.1 Å². The molecule has 0 unspecified atom stereocenters. The van der Waals surface area contributed by atoms with E-state index in [1.165, 1.54) is 30.5 Å². The third kappa shape index (κ3) is 4.79. The van der Waals surface area contributed by atoms with Crippen molar-refractivity contribution in [3.05, 3.63) is 78.4 Å². The molecular weight excluding hydrogens is 420 g/mol. The van der Waals surface area contributed by atoms with E-state index >= 15 is 0 Å². The lowest BCUT2D eigenvalue weighted by molar-refractivity contribution is -0.115. The molecule has 1 amide bonds. The highest BCUT2D eigenvalue weighted by Gasteiger charge is 2.15. The molecule has 2 aromatic heterocycles. The van der Waals surface area contributed by atoms with E-state index in [0.717, 1.165) is 10.9 Å². The van der Waals surface area contributed by atoms with Gasteiger partial charge in [-0.15, -0.1) is 0 Å². The molecule has 9 heteroatoms. The molecule has 0 aliphatic rings. The van der Waals surface area contributed by atoms with E-state index in [2.05, 4.69) is 10.0 Å². The van der Waals surface area contributed by atoms with E-state index in [4.69, 9.17) is 13.6 Å². The summed E-state index contributed by atoms with van der Waals surface area (Å²) in [6.45, 7) is 0.0539. The maximum absolute atomic E-state index is 12.4. The Hall–Kier alpha value is -3.56. The fourth-order valence-electron chi connectivity index (χ4n) is 3.09. The fourth-order valence-corrected chi connectivity index (χ4v) is 4.08. The van der Waals surface area contributed by atoms with Crippen LogP contribution >= 0.6 is 0 Å². The second-order valence-corrected chi connectivity index (χ2v) is 8.54. The quantitative estimate of drug-likeness (QED) is 0.432. The van der Waals surface area contributed by atoms with Gasteiger partial charge in [0.05, 0.1) is 37.5 Å². The number of carbonyl (C=O) groups excluding carboxylic acids is 1. The number of fused-ring (bicyclic) bond motifs is 1. The van der Waals surface area contributed by atoms with E-state index in [1.54, 1.807) is 37.6 Å². The Labute approximate surface area is 178 Å². The summed E-state index contributed by atoms with van der Waals surface area (Å²) >= 11 is 0. The Morgan fingerprint density at radius 2 is 1.87 bits per heavy atom. The van der Waals surface area contributed by atoms with Crippen LogP contribution in [0, 0.1) is 0 Å². The number of hydrogen-bond acceptors (Lipinski definition) is 6. The number of carbonyl (C=O) groups is 1. The summed E-state index contributed by atoms with van der Waals surface area (Å²) in [5.41, 5.74) is 1.87. The molecule has 0 saturated carbocycles. The fraction of sp³-hybridized carbons (Fsp3) is 0.136. The molecule has 4 aromatic rings. The smallest absolute Gasteiger partial charge is 0.240 e.